The molecule has 5 nitrogen and oxygen atoms in total. The minimum absolute atomic E-state index is 0.107. The minimum atomic E-state index is -0.453. The van der Waals surface area contributed by atoms with Crippen molar-refractivity contribution in [3.8, 4) is 0 Å². The van der Waals surface area contributed by atoms with Gasteiger partial charge in [-0.15, -0.1) is 0 Å². The number of hydrogen-bond donors (Lipinski definition) is 2. The number of anilines is 1. The van der Waals surface area contributed by atoms with E-state index in [1.807, 2.05) is 39.8 Å². The van der Waals surface area contributed by atoms with Gasteiger partial charge in [0.05, 0.1) is 0 Å². The minimum Gasteiger partial charge on any atom is -0.444 e. The number of hydrogen-bond acceptors (Lipinski definition) is 4. The van der Waals surface area contributed by atoms with E-state index in [2.05, 4.69) is 17.4 Å². The average Bonchev–Trinajstić information content (AvgIpc) is 2.53. The molecule has 2 rings (SSSR count). The summed E-state index contributed by atoms with van der Waals surface area (Å²) in [6.45, 7) is 9.21. The van der Waals surface area contributed by atoms with E-state index < -0.39 is 5.60 Å². The van der Waals surface area contributed by atoms with Crippen molar-refractivity contribution >= 4 is 11.8 Å². The van der Waals surface area contributed by atoms with Gasteiger partial charge in [-0.05, 0) is 45.2 Å². The monoisotopic (exact) mass is 334 g/mol. The van der Waals surface area contributed by atoms with Gasteiger partial charge in [-0.1, -0.05) is 25.1 Å². The van der Waals surface area contributed by atoms with Crippen LogP contribution in [0.2, 0.25) is 0 Å². The molecule has 1 aliphatic rings. The molecule has 1 aliphatic heterocycles. The molecule has 0 aliphatic carbocycles. The highest BCUT2D eigenvalue weighted by atomic mass is 16.6. The molecule has 134 valence electrons. The van der Waals surface area contributed by atoms with E-state index in [1.165, 1.54) is 0 Å². The molecule has 24 heavy (non-hydrogen) atoms. The Bertz CT molecular complexity index is 546. The number of aliphatic hydroxyl groups excluding tert-OH is 1. The number of carbonyl (C=O) groups is 1. The third-order valence-electron chi connectivity index (χ3n) is 4.27. The number of likely N-dealkylation sites (tertiary alicyclic amines) is 1. The topological polar surface area (TPSA) is 61.8 Å². The first-order valence-corrected chi connectivity index (χ1v) is 8.74. The smallest absolute Gasteiger partial charge is 0.410 e. The van der Waals surface area contributed by atoms with Crippen LogP contribution in [-0.4, -0.2) is 47.4 Å². The molecule has 1 unspecified atom stereocenters. The lowest BCUT2D eigenvalue weighted by molar-refractivity contribution is 0.0210. The molecule has 0 aromatic heterocycles. The molecule has 1 saturated heterocycles. The van der Waals surface area contributed by atoms with Crippen LogP contribution in [0.3, 0.4) is 0 Å². The van der Waals surface area contributed by atoms with Crippen molar-refractivity contribution in [1.29, 1.82) is 0 Å². The van der Waals surface area contributed by atoms with Gasteiger partial charge in [0.25, 0.3) is 0 Å². The van der Waals surface area contributed by atoms with Gasteiger partial charge < -0.3 is 20.1 Å². The summed E-state index contributed by atoms with van der Waals surface area (Å²) in [5.74, 6) is 0.107. The van der Waals surface area contributed by atoms with Crippen LogP contribution in [0.25, 0.3) is 0 Å². The summed E-state index contributed by atoms with van der Waals surface area (Å²) in [6, 6.07) is 8.44. The zero-order valence-electron chi connectivity index (χ0n) is 15.2. The quantitative estimate of drug-likeness (QED) is 0.883. The number of amides is 1. The molecule has 1 heterocycles. The molecule has 0 saturated carbocycles. The van der Waals surface area contributed by atoms with Crippen LogP contribution in [0.15, 0.2) is 24.3 Å². The third-order valence-corrected chi connectivity index (χ3v) is 4.27. The highest BCUT2D eigenvalue weighted by molar-refractivity contribution is 5.68. The van der Waals surface area contributed by atoms with Gasteiger partial charge in [-0.2, -0.15) is 0 Å². The Kier molecular flexibility index (Phi) is 6.10. The normalized spacial score (nSPS) is 17.5. The van der Waals surface area contributed by atoms with Crippen molar-refractivity contribution in [2.24, 2.45) is 0 Å². The lowest BCUT2D eigenvalue weighted by Gasteiger charge is -2.34. The van der Waals surface area contributed by atoms with Crippen molar-refractivity contribution < 1.29 is 14.6 Å². The predicted octanol–water partition coefficient (Wildman–Crippen LogP) is 3.59. The zero-order valence-corrected chi connectivity index (χ0v) is 15.2. The number of nitrogens with one attached hydrogen (secondary N) is 1. The summed E-state index contributed by atoms with van der Waals surface area (Å²) in [5.41, 5.74) is 1.76. The summed E-state index contributed by atoms with van der Waals surface area (Å²) in [6.07, 6.45) is 1.55. The van der Waals surface area contributed by atoms with Gasteiger partial charge in [-0.3, -0.25) is 0 Å². The van der Waals surface area contributed by atoms with Gasteiger partial charge in [0.1, 0.15) is 5.60 Å². The van der Waals surface area contributed by atoms with Crippen LogP contribution in [0, 0.1) is 0 Å². The van der Waals surface area contributed by atoms with E-state index in [0.717, 1.165) is 24.1 Å². The average molecular weight is 334 g/mol. The maximum atomic E-state index is 12.1. The Hall–Kier alpha value is -1.75. The van der Waals surface area contributed by atoms with E-state index >= 15 is 0 Å². The van der Waals surface area contributed by atoms with Crippen molar-refractivity contribution in [2.45, 2.75) is 58.1 Å². The SMILES string of the molecule is CC(CO)c1ccccc1NC1CCN(C(=O)OC(C)(C)C)CC1. The fourth-order valence-electron chi connectivity index (χ4n) is 2.91. The van der Waals surface area contributed by atoms with Gasteiger partial charge in [0.2, 0.25) is 0 Å². The second-order valence-corrected chi connectivity index (χ2v) is 7.56. The van der Waals surface area contributed by atoms with E-state index in [4.69, 9.17) is 4.74 Å². The lowest BCUT2D eigenvalue weighted by atomic mass is 9.98. The molecule has 1 fully saturated rings. The number of benzene rings is 1. The maximum absolute atomic E-state index is 12.1. The molecule has 5 heteroatoms. The molecule has 2 N–H and O–H groups in total. The molecular formula is C19H30N2O3. The largest absolute Gasteiger partial charge is 0.444 e. The summed E-state index contributed by atoms with van der Waals surface area (Å²) < 4.78 is 5.43. The van der Waals surface area contributed by atoms with Crippen molar-refractivity contribution in [1.82, 2.24) is 4.90 Å². The Labute approximate surface area is 145 Å². The standard InChI is InChI=1S/C19H30N2O3/c1-14(13-22)16-7-5-6-8-17(16)20-15-9-11-21(12-10-15)18(23)24-19(2,3)4/h5-8,14-15,20,22H,9-13H2,1-4H3. The second kappa shape index (κ2) is 7.88. The Balaban J connectivity index is 1.91. The highest BCUT2D eigenvalue weighted by Gasteiger charge is 2.27. The van der Waals surface area contributed by atoms with Gasteiger partial charge in [-0.25, -0.2) is 4.79 Å². The van der Waals surface area contributed by atoms with Gasteiger partial charge in [0.15, 0.2) is 0 Å². The molecule has 0 bridgehead atoms. The number of nitrogens with zero attached hydrogens (tertiary/aromatic N) is 1. The molecule has 1 amide bonds. The fourth-order valence-corrected chi connectivity index (χ4v) is 2.91. The van der Waals surface area contributed by atoms with Crippen molar-refractivity contribution in [2.75, 3.05) is 25.0 Å². The zero-order chi connectivity index (χ0) is 17.7. The van der Waals surface area contributed by atoms with Crippen LogP contribution < -0.4 is 5.32 Å². The first kappa shape index (κ1) is 18.6. The van der Waals surface area contributed by atoms with Gasteiger partial charge >= 0.3 is 6.09 Å². The molecule has 0 spiro atoms. The first-order valence-electron chi connectivity index (χ1n) is 8.74. The van der Waals surface area contributed by atoms with Gasteiger partial charge in [0, 0.05) is 37.3 Å². The lowest BCUT2D eigenvalue weighted by Crippen LogP contribution is -2.44. The first-order chi connectivity index (χ1) is 11.3. The fraction of sp³-hybridized carbons (Fsp3) is 0.632. The van der Waals surface area contributed by atoms with Crippen molar-refractivity contribution in [3.63, 3.8) is 0 Å². The predicted molar refractivity (Wildman–Crippen MR) is 96.4 cm³/mol. The summed E-state index contributed by atoms with van der Waals surface area (Å²) >= 11 is 0. The number of aliphatic hydroxyl groups is 1. The number of carbonyl (C=O) groups excluding carboxylic acids is 1. The maximum Gasteiger partial charge on any atom is 0.410 e. The van der Waals surface area contributed by atoms with E-state index in [0.29, 0.717) is 19.1 Å². The van der Waals surface area contributed by atoms with Crippen LogP contribution >= 0.6 is 0 Å². The van der Waals surface area contributed by atoms with E-state index in [9.17, 15) is 9.90 Å². The summed E-state index contributed by atoms with van der Waals surface area (Å²) in [5, 5.41) is 13.0. The number of ether oxygens (including phenoxy) is 1. The van der Waals surface area contributed by atoms with Crippen molar-refractivity contribution in [3.05, 3.63) is 29.8 Å². The molecule has 1 aromatic carbocycles. The molecular weight excluding hydrogens is 304 g/mol. The number of para-hydroxylation sites is 1. The van der Waals surface area contributed by atoms with Crippen LogP contribution in [0.1, 0.15) is 52.0 Å². The molecule has 1 aromatic rings. The highest BCUT2D eigenvalue weighted by Crippen LogP contribution is 2.26. The van der Waals surface area contributed by atoms with Crippen LogP contribution in [-0.2, 0) is 4.74 Å². The van der Waals surface area contributed by atoms with E-state index in [-0.39, 0.29) is 18.6 Å². The Morgan fingerprint density at radius 1 is 1.33 bits per heavy atom. The molecule has 0 radical (unpaired) electrons. The third kappa shape index (κ3) is 5.13. The number of piperidine rings is 1. The van der Waals surface area contributed by atoms with Crippen LogP contribution in [0.5, 0.6) is 0 Å². The Morgan fingerprint density at radius 2 is 1.96 bits per heavy atom. The summed E-state index contributed by atoms with van der Waals surface area (Å²) in [4.78, 5) is 13.9. The Morgan fingerprint density at radius 3 is 2.54 bits per heavy atom. The summed E-state index contributed by atoms with van der Waals surface area (Å²) in [7, 11) is 0. The number of rotatable bonds is 4. The van der Waals surface area contributed by atoms with Crippen LogP contribution in [0.4, 0.5) is 10.5 Å². The molecule has 1 atom stereocenters. The second-order valence-electron chi connectivity index (χ2n) is 7.56. The van der Waals surface area contributed by atoms with E-state index in [1.54, 1.807) is 4.90 Å².